The summed E-state index contributed by atoms with van der Waals surface area (Å²) < 4.78 is 1.97. The molecular weight excluding hydrogens is 430 g/mol. The number of rotatable bonds is 7. The molecule has 1 aliphatic carbocycles. The van der Waals surface area contributed by atoms with Gasteiger partial charge in [0.1, 0.15) is 17.4 Å². The number of hydrogen-bond donors (Lipinski definition) is 2. The molecule has 8 heteroatoms. The third-order valence-electron chi connectivity index (χ3n) is 6.16. The first-order valence-electron chi connectivity index (χ1n) is 10.9. The van der Waals surface area contributed by atoms with Crippen molar-refractivity contribution in [2.24, 2.45) is 5.41 Å². The van der Waals surface area contributed by atoms with Gasteiger partial charge in [-0.05, 0) is 55.8 Å². The molecule has 0 amide bonds. The second kappa shape index (κ2) is 8.22. The van der Waals surface area contributed by atoms with Crippen molar-refractivity contribution < 1.29 is 14.7 Å². The Hall–Kier alpha value is -4.33. The van der Waals surface area contributed by atoms with Crippen molar-refractivity contribution in [2.45, 2.75) is 26.3 Å². The molecule has 2 N–H and O–H groups in total. The Balaban J connectivity index is 1.45. The largest absolute Gasteiger partial charge is 0.480 e. The first kappa shape index (κ1) is 21.5. The molecule has 5 rings (SSSR count). The predicted octanol–water partition coefficient (Wildman–Crippen LogP) is 3.56. The van der Waals surface area contributed by atoms with Gasteiger partial charge in [0.05, 0.1) is 5.41 Å². The molecule has 0 saturated heterocycles. The van der Waals surface area contributed by atoms with Crippen molar-refractivity contribution in [1.29, 1.82) is 0 Å². The van der Waals surface area contributed by atoms with E-state index in [1.165, 1.54) is 6.08 Å². The zero-order valence-corrected chi connectivity index (χ0v) is 18.8. The van der Waals surface area contributed by atoms with E-state index in [-0.39, 0.29) is 12.2 Å². The molecule has 8 nitrogen and oxygen atoms in total. The Morgan fingerprint density at radius 2 is 1.88 bits per heavy atom. The molecule has 3 aromatic heterocycles. The number of aromatic nitrogens is 4. The lowest BCUT2D eigenvalue weighted by molar-refractivity contribution is -0.139. The highest BCUT2D eigenvalue weighted by molar-refractivity contribution is 6.04. The lowest BCUT2D eigenvalue weighted by Crippen LogP contribution is -2.48. The van der Waals surface area contributed by atoms with E-state index >= 15 is 0 Å². The van der Waals surface area contributed by atoms with Crippen molar-refractivity contribution in [2.75, 3.05) is 0 Å². The van der Waals surface area contributed by atoms with Gasteiger partial charge in [-0.3, -0.25) is 14.3 Å². The van der Waals surface area contributed by atoms with Crippen LogP contribution in [-0.4, -0.2) is 42.4 Å². The third kappa shape index (κ3) is 3.73. The van der Waals surface area contributed by atoms with Gasteiger partial charge in [-0.15, -0.1) is 0 Å². The molecule has 0 fully saturated rings. The Labute approximate surface area is 196 Å². The van der Waals surface area contributed by atoms with Crippen LogP contribution >= 0.6 is 0 Å². The molecule has 0 saturated carbocycles. The van der Waals surface area contributed by atoms with Gasteiger partial charge < -0.3 is 10.4 Å². The summed E-state index contributed by atoms with van der Waals surface area (Å²) in [6, 6.07) is 14.4. The fourth-order valence-electron chi connectivity index (χ4n) is 4.02. The van der Waals surface area contributed by atoms with Crippen molar-refractivity contribution in [3.63, 3.8) is 0 Å². The zero-order chi connectivity index (χ0) is 23.9. The highest BCUT2D eigenvalue weighted by Gasteiger charge is 2.40. The maximum absolute atomic E-state index is 11.9. The number of nitrogens with zero attached hydrogens (tertiary/aromatic N) is 4. The molecule has 1 atom stereocenters. The van der Waals surface area contributed by atoms with E-state index in [1.54, 1.807) is 32.4 Å². The lowest BCUT2D eigenvalue weighted by atomic mass is 9.74. The number of nitrogens with one attached hydrogen (secondary N) is 1. The van der Waals surface area contributed by atoms with Crippen molar-refractivity contribution in [3.05, 3.63) is 84.5 Å². The number of hydrogen-bond acceptors (Lipinski definition) is 6. The van der Waals surface area contributed by atoms with Crippen molar-refractivity contribution in [3.8, 4) is 17.1 Å². The van der Waals surface area contributed by atoms with Crippen LogP contribution in [0.1, 0.15) is 19.4 Å². The minimum absolute atomic E-state index is 0.00548. The highest BCUT2D eigenvalue weighted by Crippen LogP contribution is 2.35. The Morgan fingerprint density at radius 1 is 1.12 bits per heavy atom. The summed E-state index contributed by atoms with van der Waals surface area (Å²) >= 11 is 0. The summed E-state index contributed by atoms with van der Waals surface area (Å²) in [7, 11) is 0. The number of carboxylic acid groups (broad SMARTS) is 1. The van der Waals surface area contributed by atoms with Gasteiger partial charge in [0, 0.05) is 48.0 Å². The number of benzene rings is 1. The summed E-state index contributed by atoms with van der Waals surface area (Å²) in [5, 5.41) is 12.8. The fourth-order valence-corrected chi connectivity index (χ4v) is 4.02. The maximum Gasteiger partial charge on any atom is 0.326 e. The van der Waals surface area contributed by atoms with Gasteiger partial charge in [0.25, 0.3) is 0 Å². The molecule has 0 radical (unpaired) electrons. The second-order valence-electron chi connectivity index (χ2n) is 8.81. The number of pyridine rings is 2. The molecule has 3 heterocycles. The summed E-state index contributed by atoms with van der Waals surface area (Å²) in [6.45, 7) is 3.57. The Morgan fingerprint density at radius 3 is 2.53 bits per heavy atom. The number of carbonyl (C=O) groups is 2. The minimum atomic E-state index is -0.969. The van der Waals surface area contributed by atoms with E-state index in [2.05, 4.69) is 15.3 Å². The van der Waals surface area contributed by atoms with Crippen molar-refractivity contribution >= 4 is 22.9 Å². The summed E-state index contributed by atoms with van der Waals surface area (Å²) in [5.74, 6) is -0.249. The third-order valence-corrected chi connectivity index (χ3v) is 6.16. The van der Waals surface area contributed by atoms with Crippen LogP contribution in [0.3, 0.4) is 0 Å². The van der Waals surface area contributed by atoms with Gasteiger partial charge in [-0.2, -0.15) is 0 Å². The second-order valence-corrected chi connectivity index (χ2v) is 8.81. The number of carboxylic acids is 1. The van der Waals surface area contributed by atoms with Crippen LogP contribution in [-0.2, 0) is 16.0 Å². The molecule has 1 aliphatic rings. The van der Waals surface area contributed by atoms with E-state index in [0.717, 1.165) is 33.8 Å². The molecule has 0 spiro atoms. The van der Waals surface area contributed by atoms with Crippen LogP contribution in [0.2, 0.25) is 0 Å². The topological polar surface area (TPSA) is 110 Å². The van der Waals surface area contributed by atoms with E-state index in [1.807, 2.05) is 53.1 Å². The SMILES string of the molecule is CC1(C)C(=O)C=C1N[C@@H](Cc1ccc(-n2c(-c3cccnc3)nc3cccnc32)cc1)C(=O)O. The highest BCUT2D eigenvalue weighted by atomic mass is 16.4. The van der Waals surface area contributed by atoms with Gasteiger partial charge in [0.15, 0.2) is 11.4 Å². The fraction of sp³-hybridized carbons (Fsp3) is 0.192. The lowest BCUT2D eigenvalue weighted by Gasteiger charge is -2.35. The van der Waals surface area contributed by atoms with E-state index in [4.69, 9.17) is 4.98 Å². The molecular formula is C26H23N5O3. The molecule has 0 aliphatic heterocycles. The van der Waals surface area contributed by atoms with Crippen LogP contribution in [0.25, 0.3) is 28.2 Å². The molecule has 0 unspecified atom stereocenters. The number of ketones is 1. The number of imidazole rings is 1. The Bertz CT molecular complexity index is 1420. The molecule has 170 valence electrons. The standard InChI is InChI=1S/C26H23N5O3/c1-26(2)21(14-22(26)32)29-20(25(33)34)13-16-7-9-18(10-8-16)31-23(17-5-3-11-27-15-17)30-19-6-4-12-28-24(19)31/h3-12,14-15,20,29H,13H2,1-2H3,(H,33,34)/t20-/m0/s1. The minimum Gasteiger partial charge on any atom is -0.480 e. The maximum atomic E-state index is 11.9. The Kier molecular flexibility index (Phi) is 5.20. The molecule has 1 aromatic carbocycles. The average molecular weight is 454 g/mol. The number of fused-ring (bicyclic) bond motifs is 1. The van der Waals surface area contributed by atoms with Gasteiger partial charge in [-0.1, -0.05) is 12.1 Å². The number of carbonyl (C=O) groups excluding carboxylic acids is 1. The van der Waals surface area contributed by atoms with E-state index < -0.39 is 17.4 Å². The molecule has 0 bridgehead atoms. The molecule has 34 heavy (non-hydrogen) atoms. The van der Waals surface area contributed by atoms with Crippen molar-refractivity contribution in [1.82, 2.24) is 24.8 Å². The van der Waals surface area contributed by atoms with Crippen LogP contribution in [0.4, 0.5) is 0 Å². The number of allylic oxidation sites excluding steroid dienone is 2. The number of aliphatic carboxylic acids is 1. The normalized spacial score (nSPS) is 15.5. The van der Waals surface area contributed by atoms with E-state index in [9.17, 15) is 14.7 Å². The summed E-state index contributed by atoms with van der Waals surface area (Å²) in [4.78, 5) is 37.1. The average Bonchev–Trinajstić information content (AvgIpc) is 3.24. The monoisotopic (exact) mass is 453 g/mol. The van der Waals surface area contributed by atoms with E-state index in [0.29, 0.717) is 5.70 Å². The van der Waals surface area contributed by atoms with Gasteiger partial charge in [0.2, 0.25) is 0 Å². The van der Waals surface area contributed by atoms with Gasteiger partial charge in [-0.25, -0.2) is 14.8 Å². The summed E-state index contributed by atoms with van der Waals surface area (Å²) in [5.41, 5.74) is 4.05. The van der Waals surface area contributed by atoms with Crippen LogP contribution < -0.4 is 5.32 Å². The van der Waals surface area contributed by atoms with Crippen LogP contribution in [0, 0.1) is 5.41 Å². The smallest absolute Gasteiger partial charge is 0.326 e. The quantitative estimate of drug-likeness (QED) is 0.440. The zero-order valence-electron chi connectivity index (χ0n) is 18.8. The first-order chi connectivity index (χ1) is 16.3. The van der Waals surface area contributed by atoms with Crippen LogP contribution in [0.5, 0.6) is 0 Å². The summed E-state index contributed by atoms with van der Waals surface area (Å²) in [6.07, 6.45) is 6.95. The predicted molar refractivity (Wildman–Crippen MR) is 127 cm³/mol. The molecule has 4 aromatic rings. The first-order valence-corrected chi connectivity index (χ1v) is 10.9. The van der Waals surface area contributed by atoms with Gasteiger partial charge >= 0.3 is 5.97 Å². The van der Waals surface area contributed by atoms with Crippen LogP contribution in [0.15, 0.2) is 78.9 Å².